The van der Waals surface area contributed by atoms with Crippen LogP contribution >= 0.6 is 0 Å². The van der Waals surface area contributed by atoms with Crippen molar-refractivity contribution in [3.8, 4) is 0 Å². The first-order chi connectivity index (χ1) is 38.0. The molecule has 0 aliphatic heterocycles. The zero-order valence-electron chi connectivity index (χ0n) is 51.0. The predicted molar refractivity (Wildman–Crippen MR) is 334 cm³/mol. The molecule has 0 rings (SSSR count). The van der Waals surface area contributed by atoms with Gasteiger partial charge in [-0.05, 0) is 96.3 Å². The lowest BCUT2D eigenvalue weighted by Gasteiger charge is -2.18. The van der Waals surface area contributed by atoms with Gasteiger partial charge in [-0.2, -0.15) is 0 Å². The highest BCUT2D eigenvalue weighted by molar-refractivity contribution is 5.71. The number of allylic oxidation sites excluding steroid dienone is 14. The van der Waals surface area contributed by atoms with Gasteiger partial charge in [-0.15, -0.1) is 0 Å². The van der Waals surface area contributed by atoms with E-state index in [0.29, 0.717) is 19.3 Å². The molecule has 0 aromatic carbocycles. The number of rotatable bonds is 60. The van der Waals surface area contributed by atoms with Crippen molar-refractivity contribution in [2.24, 2.45) is 0 Å². The van der Waals surface area contributed by atoms with Crippen LogP contribution in [0.2, 0.25) is 0 Å². The lowest BCUT2D eigenvalue weighted by atomic mass is 10.0. The van der Waals surface area contributed by atoms with E-state index < -0.39 is 6.10 Å². The van der Waals surface area contributed by atoms with Crippen LogP contribution in [0.3, 0.4) is 0 Å². The molecule has 0 amide bonds. The fourth-order valence-electron chi connectivity index (χ4n) is 9.44. The Kier molecular flexibility index (Phi) is 62.2. The monoisotopic (exact) mass is 1070 g/mol. The molecular weight excluding hydrogens is 949 g/mol. The van der Waals surface area contributed by atoms with Crippen molar-refractivity contribution in [3.05, 3.63) is 85.1 Å². The van der Waals surface area contributed by atoms with Crippen LogP contribution in [0.1, 0.15) is 329 Å². The van der Waals surface area contributed by atoms with Crippen molar-refractivity contribution >= 4 is 17.9 Å². The van der Waals surface area contributed by atoms with Crippen LogP contribution in [0.4, 0.5) is 0 Å². The number of carbonyl (C=O) groups is 3. The minimum absolute atomic E-state index is 0.0752. The average molecular weight is 1070 g/mol. The van der Waals surface area contributed by atoms with Crippen molar-refractivity contribution in [1.82, 2.24) is 0 Å². The van der Waals surface area contributed by atoms with Crippen molar-refractivity contribution < 1.29 is 28.6 Å². The third-order valence-corrected chi connectivity index (χ3v) is 14.4. The molecule has 0 fully saturated rings. The molecular formula is C71H124O6. The first-order valence-electron chi connectivity index (χ1n) is 33.1. The summed E-state index contributed by atoms with van der Waals surface area (Å²) in [5.74, 6) is -0.879. The Morgan fingerprint density at radius 1 is 0.273 bits per heavy atom. The Morgan fingerprint density at radius 3 is 0.805 bits per heavy atom. The molecule has 0 heterocycles. The predicted octanol–water partition coefficient (Wildman–Crippen LogP) is 22.7. The molecule has 0 aliphatic rings. The first-order valence-corrected chi connectivity index (χ1v) is 33.1. The molecule has 0 aromatic rings. The second-order valence-electron chi connectivity index (χ2n) is 22.0. The van der Waals surface area contributed by atoms with E-state index in [1.54, 1.807) is 0 Å². The Bertz CT molecular complexity index is 1470. The summed E-state index contributed by atoms with van der Waals surface area (Å²) >= 11 is 0. The zero-order chi connectivity index (χ0) is 55.7. The summed E-state index contributed by atoms with van der Waals surface area (Å²) in [4.78, 5) is 38.0. The van der Waals surface area contributed by atoms with Gasteiger partial charge in [0.2, 0.25) is 0 Å². The van der Waals surface area contributed by atoms with E-state index in [1.165, 1.54) is 186 Å². The van der Waals surface area contributed by atoms with Gasteiger partial charge in [-0.25, -0.2) is 0 Å². The lowest BCUT2D eigenvalue weighted by molar-refractivity contribution is -0.167. The lowest BCUT2D eigenvalue weighted by Crippen LogP contribution is -2.30. The number of unbranched alkanes of at least 4 members (excludes halogenated alkanes) is 35. The molecule has 1 unspecified atom stereocenters. The van der Waals surface area contributed by atoms with Crippen LogP contribution in [0.15, 0.2) is 85.1 Å². The Hall–Kier alpha value is -3.41. The molecule has 0 aliphatic carbocycles. The van der Waals surface area contributed by atoms with Crippen LogP contribution < -0.4 is 0 Å². The van der Waals surface area contributed by atoms with E-state index >= 15 is 0 Å². The summed E-state index contributed by atoms with van der Waals surface area (Å²) in [6.45, 7) is 6.47. The third kappa shape index (κ3) is 63.3. The summed E-state index contributed by atoms with van der Waals surface area (Å²) in [5, 5.41) is 0. The molecule has 6 heteroatoms. The van der Waals surface area contributed by atoms with Crippen LogP contribution in [0, 0.1) is 0 Å². The van der Waals surface area contributed by atoms with Gasteiger partial charge in [0.1, 0.15) is 13.2 Å². The number of esters is 3. The van der Waals surface area contributed by atoms with E-state index in [2.05, 4.69) is 106 Å². The van der Waals surface area contributed by atoms with E-state index in [1.807, 2.05) is 0 Å². The van der Waals surface area contributed by atoms with E-state index in [9.17, 15) is 14.4 Å². The Labute approximate surface area is 477 Å². The van der Waals surface area contributed by atoms with E-state index in [0.717, 1.165) is 103 Å². The van der Waals surface area contributed by atoms with Crippen molar-refractivity contribution in [2.45, 2.75) is 335 Å². The molecule has 0 bridgehead atoms. The summed E-state index contributed by atoms with van der Waals surface area (Å²) < 4.78 is 16.8. The van der Waals surface area contributed by atoms with Crippen LogP contribution in [0.5, 0.6) is 0 Å². The molecule has 0 aromatic heterocycles. The van der Waals surface area contributed by atoms with Gasteiger partial charge < -0.3 is 14.2 Å². The average Bonchev–Trinajstić information content (AvgIpc) is 3.43. The second kappa shape index (κ2) is 65.1. The van der Waals surface area contributed by atoms with Crippen molar-refractivity contribution in [3.63, 3.8) is 0 Å². The Balaban J connectivity index is 3.96. The molecule has 444 valence electrons. The minimum atomic E-state index is -0.775. The largest absolute Gasteiger partial charge is 0.462 e. The molecule has 0 radical (unpaired) electrons. The maximum Gasteiger partial charge on any atom is 0.306 e. The number of hydrogen-bond acceptors (Lipinski definition) is 6. The van der Waals surface area contributed by atoms with Crippen LogP contribution in [-0.2, 0) is 28.6 Å². The van der Waals surface area contributed by atoms with Crippen LogP contribution in [-0.4, -0.2) is 37.2 Å². The van der Waals surface area contributed by atoms with Gasteiger partial charge in [0, 0.05) is 19.3 Å². The molecule has 6 nitrogen and oxygen atoms in total. The smallest absolute Gasteiger partial charge is 0.306 e. The quantitative estimate of drug-likeness (QED) is 0.0261. The van der Waals surface area contributed by atoms with Gasteiger partial charge in [0.15, 0.2) is 6.10 Å². The van der Waals surface area contributed by atoms with Crippen LogP contribution in [0.25, 0.3) is 0 Å². The third-order valence-electron chi connectivity index (χ3n) is 14.4. The zero-order valence-corrected chi connectivity index (χ0v) is 51.0. The van der Waals surface area contributed by atoms with Gasteiger partial charge in [-0.3, -0.25) is 14.4 Å². The maximum atomic E-state index is 12.8. The van der Waals surface area contributed by atoms with E-state index in [-0.39, 0.29) is 31.1 Å². The number of ether oxygens (including phenoxy) is 3. The fourth-order valence-corrected chi connectivity index (χ4v) is 9.44. The number of hydrogen-bond donors (Lipinski definition) is 0. The van der Waals surface area contributed by atoms with E-state index in [4.69, 9.17) is 14.2 Å². The topological polar surface area (TPSA) is 78.9 Å². The van der Waals surface area contributed by atoms with Gasteiger partial charge in [-0.1, -0.05) is 298 Å². The maximum absolute atomic E-state index is 12.8. The molecule has 0 saturated carbocycles. The Morgan fingerprint density at radius 2 is 0.506 bits per heavy atom. The normalized spacial score (nSPS) is 12.6. The second-order valence-corrected chi connectivity index (χ2v) is 22.0. The molecule has 1 atom stereocenters. The summed E-state index contributed by atoms with van der Waals surface area (Å²) in [5.41, 5.74) is 0. The number of carbonyl (C=O) groups excluding carboxylic acids is 3. The standard InChI is InChI=1S/C71H124O6/c1-4-7-10-13-16-18-20-22-24-26-28-29-30-31-32-33-34-35-36-37-38-39-40-41-42-43-44-46-47-49-51-53-55-58-61-64-70(73)76-67-68(66-75-69(72)63-60-57-15-12-9-6-3)77-71(74)65-62-59-56-54-52-50-48-45-27-25-23-21-19-17-14-11-8-5-2/h7,10,16,18-19,21-22,24-25,27-29,31-32,68H,4-6,8-9,11-15,17,20,23,26,30,33-67H2,1-3H3/b10-7-,18-16-,21-19-,24-22-,27-25-,29-28-,32-31-. The molecule has 0 saturated heterocycles. The summed E-state index contributed by atoms with van der Waals surface area (Å²) in [6.07, 6.45) is 86.4. The molecule has 0 spiro atoms. The summed E-state index contributed by atoms with van der Waals surface area (Å²) in [7, 11) is 0. The SMILES string of the molecule is CC/C=C\C/C=C\C/C=C\C/C=C\C/C=C\CCCCCCCCCCCCCCCCCCCCCC(=O)OCC(COC(=O)CCCCCCCC)OC(=O)CCCCCCCCC/C=C\C/C=C\CCCCCC. The summed E-state index contributed by atoms with van der Waals surface area (Å²) in [6, 6.07) is 0. The highest BCUT2D eigenvalue weighted by atomic mass is 16.6. The highest BCUT2D eigenvalue weighted by Gasteiger charge is 2.19. The fraction of sp³-hybridized carbons (Fsp3) is 0.761. The first kappa shape index (κ1) is 73.6. The molecule has 77 heavy (non-hydrogen) atoms. The minimum Gasteiger partial charge on any atom is -0.462 e. The van der Waals surface area contributed by atoms with Gasteiger partial charge in [0.05, 0.1) is 0 Å². The molecule has 0 N–H and O–H groups in total. The van der Waals surface area contributed by atoms with Gasteiger partial charge >= 0.3 is 17.9 Å². The highest BCUT2D eigenvalue weighted by Crippen LogP contribution is 2.17. The van der Waals surface area contributed by atoms with Crippen molar-refractivity contribution in [2.75, 3.05) is 13.2 Å². The van der Waals surface area contributed by atoms with Crippen molar-refractivity contribution in [1.29, 1.82) is 0 Å². The van der Waals surface area contributed by atoms with Gasteiger partial charge in [0.25, 0.3) is 0 Å².